The molecule has 0 saturated carbocycles. The lowest BCUT2D eigenvalue weighted by molar-refractivity contribution is -0.149. The van der Waals surface area contributed by atoms with Crippen molar-refractivity contribution in [3.05, 3.63) is 0 Å². The van der Waals surface area contributed by atoms with Crippen molar-refractivity contribution in [3.63, 3.8) is 0 Å². The van der Waals surface area contributed by atoms with Gasteiger partial charge in [-0.3, -0.25) is 9.69 Å². The summed E-state index contributed by atoms with van der Waals surface area (Å²) in [4.78, 5) is 12.7. The highest BCUT2D eigenvalue weighted by Gasteiger charge is 2.35. The van der Waals surface area contributed by atoms with Gasteiger partial charge in [0.2, 0.25) is 0 Å². The van der Waals surface area contributed by atoms with Gasteiger partial charge in [0, 0.05) is 19.1 Å². The standard InChI is InChI=1S/C9H17NO2/c1-6(2)7(3)10-4-8(5-10)9(11)12/h6-8H,4-5H2,1-3H3,(H,11,12). The molecule has 0 radical (unpaired) electrons. The van der Waals surface area contributed by atoms with E-state index in [9.17, 15) is 4.79 Å². The number of likely N-dealkylation sites (tertiary alicyclic amines) is 1. The maximum atomic E-state index is 10.5. The molecule has 0 amide bonds. The van der Waals surface area contributed by atoms with Crippen LogP contribution in [0.2, 0.25) is 0 Å². The summed E-state index contributed by atoms with van der Waals surface area (Å²) in [6.07, 6.45) is 0. The van der Waals surface area contributed by atoms with Crippen LogP contribution >= 0.6 is 0 Å². The molecule has 12 heavy (non-hydrogen) atoms. The third kappa shape index (κ3) is 1.78. The van der Waals surface area contributed by atoms with Crippen LogP contribution in [0.25, 0.3) is 0 Å². The van der Waals surface area contributed by atoms with Gasteiger partial charge in [-0.1, -0.05) is 13.8 Å². The Hall–Kier alpha value is -0.570. The second kappa shape index (κ2) is 3.44. The molecule has 0 spiro atoms. The van der Waals surface area contributed by atoms with Crippen LogP contribution in [-0.4, -0.2) is 35.1 Å². The predicted octanol–water partition coefficient (Wildman–Crippen LogP) is 1.05. The van der Waals surface area contributed by atoms with Crippen molar-refractivity contribution in [2.75, 3.05) is 13.1 Å². The number of carboxylic acids is 1. The van der Waals surface area contributed by atoms with Crippen molar-refractivity contribution < 1.29 is 9.90 Å². The molecule has 1 heterocycles. The van der Waals surface area contributed by atoms with Gasteiger partial charge in [-0.05, 0) is 12.8 Å². The van der Waals surface area contributed by atoms with Crippen LogP contribution in [0.4, 0.5) is 0 Å². The Labute approximate surface area is 73.4 Å². The number of aliphatic carboxylic acids is 1. The number of carbonyl (C=O) groups is 1. The molecular weight excluding hydrogens is 154 g/mol. The number of nitrogens with zero attached hydrogens (tertiary/aromatic N) is 1. The highest BCUT2D eigenvalue weighted by molar-refractivity contribution is 5.71. The van der Waals surface area contributed by atoms with Gasteiger partial charge in [0.25, 0.3) is 0 Å². The fourth-order valence-corrected chi connectivity index (χ4v) is 1.42. The summed E-state index contributed by atoms with van der Waals surface area (Å²) in [5.41, 5.74) is 0. The summed E-state index contributed by atoms with van der Waals surface area (Å²) in [7, 11) is 0. The quantitative estimate of drug-likeness (QED) is 0.690. The molecule has 0 aromatic rings. The van der Waals surface area contributed by atoms with Crippen LogP contribution in [0, 0.1) is 11.8 Å². The molecule has 1 fully saturated rings. The first-order chi connectivity index (χ1) is 5.52. The van der Waals surface area contributed by atoms with Crippen LogP contribution in [0.15, 0.2) is 0 Å². The summed E-state index contributed by atoms with van der Waals surface area (Å²) in [5.74, 6) is -0.159. The third-order valence-corrected chi connectivity index (χ3v) is 2.80. The average Bonchev–Trinajstić information content (AvgIpc) is 1.82. The van der Waals surface area contributed by atoms with Crippen LogP contribution in [0.1, 0.15) is 20.8 Å². The van der Waals surface area contributed by atoms with Crippen molar-refractivity contribution in [1.82, 2.24) is 4.90 Å². The summed E-state index contributed by atoms with van der Waals surface area (Å²) in [5, 5.41) is 8.64. The topological polar surface area (TPSA) is 40.5 Å². The highest BCUT2D eigenvalue weighted by Crippen LogP contribution is 2.22. The van der Waals surface area contributed by atoms with E-state index < -0.39 is 5.97 Å². The zero-order valence-corrected chi connectivity index (χ0v) is 7.95. The van der Waals surface area contributed by atoms with Crippen molar-refractivity contribution in [1.29, 1.82) is 0 Å². The lowest BCUT2D eigenvalue weighted by Gasteiger charge is -2.42. The second-order valence-corrected chi connectivity index (χ2v) is 3.97. The number of rotatable bonds is 3. The van der Waals surface area contributed by atoms with Crippen LogP contribution < -0.4 is 0 Å². The van der Waals surface area contributed by atoms with Gasteiger partial charge in [-0.2, -0.15) is 0 Å². The molecule has 0 aromatic carbocycles. The minimum Gasteiger partial charge on any atom is -0.481 e. The fourth-order valence-electron chi connectivity index (χ4n) is 1.42. The van der Waals surface area contributed by atoms with E-state index in [-0.39, 0.29) is 5.92 Å². The molecule has 1 rings (SSSR count). The van der Waals surface area contributed by atoms with E-state index in [1.54, 1.807) is 0 Å². The summed E-state index contributed by atoms with van der Waals surface area (Å²) in [6, 6.07) is 0.514. The molecule has 3 heteroatoms. The van der Waals surface area contributed by atoms with Gasteiger partial charge in [0.15, 0.2) is 0 Å². The van der Waals surface area contributed by atoms with Crippen LogP contribution in [0.5, 0.6) is 0 Å². The minimum absolute atomic E-state index is 0.119. The minimum atomic E-state index is -0.651. The summed E-state index contributed by atoms with van der Waals surface area (Å²) < 4.78 is 0. The Balaban J connectivity index is 2.29. The van der Waals surface area contributed by atoms with Crippen LogP contribution in [0.3, 0.4) is 0 Å². The Kier molecular flexibility index (Phi) is 2.73. The molecule has 0 aromatic heterocycles. The molecule has 0 aliphatic carbocycles. The first kappa shape index (κ1) is 9.52. The zero-order valence-electron chi connectivity index (χ0n) is 7.95. The molecule has 1 unspecified atom stereocenters. The molecule has 3 nitrogen and oxygen atoms in total. The van der Waals surface area contributed by atoms with Gasteiger partial charge in [0.05, 0.1) is 5.92 Å². The van der Waals surface area contributed by atoms with Gasteiger partial charge in [0.1, 0.15) is 0 Å². The number of carboxylic acid groups (broad SMARTS) is 1. The van der Waals surface area contributed by atoms with Gasteiger partial charge >= 0.3 is 5.97 Å². The van der Waals surface area contributed by atoms with Crippen molar-refractivity contribution in [2.45, 2.75) is 26.8 Å². The predicted molar refractivity (Wildman–Crippen MR) is 47.0 cm³/mol. The van der Waals surface area contributed by atoms with Crippen molar-refractivity contribution >= 4 is 5.97 Å². The van der Waals surface area contributed by atoms with E-state index in [1.165, 1.54) is 0 Å². The summed E-state index contributed by atoms with van der Waals surface area (Å²) >= 11 is 0. The molecule has 1 aliphatic rings. The summed E-state index contributed by atoms with van der Waals surface area (Å²) in [6.45, 7) is 7.95. The monoisotopic (exact) mass is 171 g/mol. The van der Waals surface area contributed by atoms with E-state index in [4.69, 9.17) is 5.11 Å². The van der Waals surface area contributed by atoms with Gasteiger partial charge in [-0.25, -0.2) is 0 Å². The Bertz CT molecular complexity index is 173. The van der Waals surface area contributed by atoms with Gasteiger partial charge in [-0.15, -0.1) is 0 Å². The maximum Gasteiger partial charge on any atom is 0.309 e. The van der Waals surface area contributed by atoms with E-state index in [1.807, 2.05) is 0 Å². The van der Waals surface area contributed by atoms with E-state index in [0.29, 0.717) is 12.0 Å². The molecule has 1 saturated heterocycles. The molecular formula is C9H17NO2. The first-order valence-electron chi connectivity index (χ1n) is 4.49. The third-order valence-electron chi connectivity index (χ3n) is 2.80. The lowest BCUT2D eigenvalue weighted by atomic mass is 9.94. The molecule has 0 bridgehead atoms. The molecule has 1 aliphatic heterocycles. The van der Waals surface area contributed by atoms with Crippen LogP contribution in [-0.2, 0) is 4.79 Å². The highest BCUT2D eigenvalue weighted by atomic mass is 16.4. The Morgan fingerprint density at radius 1 is 1.42 bits per heavy atom. The normalized spacial score (nSPS) is 22.3. The largest absolute Gasteiger partial charge is 0.481 e. The van der Waals surface area contributed by atoms with Gasteiger partial charge < -0.3 is 5.11 Å². The van der Waals surface area contributed by atoms with Crippen molar-refractivity contribution in [3.8, 4) is 0 Å². The average molecular weight is 171 g/mol. The Morgan fingerprint density at radius 2 is 1.92 bits per heavy atom. The second-order valence-electron chi connectivity index (χ2n) is 3.97. The van der Waals surface area contributed by atoms with Crippen molar-refractivity contribution in [2.24, 2.45) is 11.8 Å². The van der Waals surface area contributed by atoms with E-state index in [0.717, 1.165) is 13.1 Å². The molecule has 1 N–H and O–H groups in total. The van der Waals surface area contributed by atoms with E-state index in [2.05, 4.69) is 25.7 Å². The molecule has 1 atom stereocenters. The Morgan fingerprint density at radius 3 is 2.25 bits per heavy atom. The first-order valence-corrected chi connectivity index (χ1v) is 4.49. The SMILES string of the molecule is CC(C)C(C)N1CC(C(=O)O)C1. The van der Waals surface area contributed by atoms with E-state index >= 15 is 0 Å². The zero-order chi connectivity index (χ0) is 9.30. The maximum absolute atomic E-state index is 10.5. The lowest BCUT2D eigenvalue weighted by Crippen LogP contribution is -2.55. The number of hydrogen-bond donors (Lipinski definition) is 1. The number of hydrogen-bond acceptors (Lipinski definition) is 2. The smallest absolute Gasteiger partial charge is 0.309 e. The fraction of sp³-hybridized carbons (Fsp3) is 0.889. The molecule has 70 valence electrons.